The third kappa shape index (κ3) is 6.06. The van der Waals surface area contributed by atoms with Crippen LogP contribution in [0, 0.1) is 0 Å². The molecule has 5 aromatic rings. The second-order valence-corrected chi connectivity index (χ2v) is 11.4. The monoisotopic (exact) mass is 596 g/mol. The Balaban J connectivity index is 1.25. The van der Waals surface area contributed by atoms with Crippen molar-refractivity contribution in [3.63, 3.8) is 0 Å². The fourth-order valence-corrected chi connectivity index (χ4v) is 5.93. The number of nitrogens with zero attached hydrogens (tertiary/aromatic N) is 3. The van der Waals surface area contributed by atoms with Gasteiger partial charge < -0.3 is 15.0 Å². The van der Waals surface area contributed by atoms with E-state index in [1.165, 1.54) is 7.11 Å². The number of hydrogen-bond donors (Lipinski definition) is 1. The second kappa shape index (κ2) is 12.4. The zero-order valence-corrected chi connectivity index (χ0v) is 24.6. The summed E-state index contributed by atoms with van der Waals surface area (Å²) in [5.41, 5.74) is 5.88. The first kappa shape index (κ1) is 28.0. The summed E-state index contributed by atoms with van der Waals surface area (Å²) in [6.07, 6.45) is 3.49. The lowest BCUT2D eigenvalue weighted by atomic mass is 9.84. The number of esters is 1. The number of hydrogen-bond acceptors (Lipinski definition) is 6. The van der Waals surface area contributed by atoms with E-state index in [-0.39, 0.29) is 17.9 Å². The van der Waals surface area contributed by atoms with Crippen LogP contribution in [0.25, 0.3) is 10.9 Å². The first-order chi connectivity index (χ1) is 20.5. The zero-order chi connectivity index (χ0) is 29.1. The Morgan fingerprint density at radius 1 is 0.857 bits per heavy atom. The van der Waals surface area contributed by atoms with Crippen LogP contribution < -0.4 is 10.2 Å². The molecule has 1 fully saturated rings. The van der Waals surface area contributed by atoms with Crippen LogP contribution in [-0.4, -0.2) is 42.2 Å². The van der Waals surface area contributed by atoms with Crippen LogP contribution in [0.2, 0.25) is 10.0 Å². The van der Waals surface area contributed by atoms with Crippen LogP contribution >= 0.6 is 23.2 Å². The summed E-state index contributed by atoms with van der Waals surface area (Å²) >= 11 is 12.5. The molecule has 0 aliphatic carbocycles. The molecule has 0 atom stereocenters. The minimum absolute atomic E-state index is 0.0130. The van der Waals surface area contributed by atoms with E-state index in [1.54, 1.807) is 12.4 Å². The van der Waals surface area contributed by atoms with Crippen molar-refractivity contribution in [2.45, 2.75) is 24.8 Å². The van der Waals surface area contributed by atoms with E-state index in [1.807, 2.05) is 42.5 Å². The number of ether oxygens (including phenoxy) is 1. The summed E-state index contributed by atoms with van der Waals surface area (Å²) in [6.45, 7) is 1.73. The predicted octanol–water partition coefficient (Wildman–Crippen LogP) is 7.98. The lowest BCUT2D eigenvalue weighted by Gasteiger charge is -2.34. The highest BCUT2D eigenvalue weighted by Gasteiger charge is 2.23. The molecule has 0 unspecified atom stereocenters. The molecule has 4 aromatic carbocycles. The molecule has 1 N–H and O–H groups in total. The first-order valence-electron chi connectivity index (χ1n) is 13.9. The van der Waals surface area contributed by atoms with Crippen LogP contribution in [0.3, 0.4) is 0 Å². The van der Waals surface area contributed by atoms with E-state index in [4.69, 9.17) is 27.9 Å². The van der Waals surface area contributed by atoms with Gasteiger partial charge in [0.15, 0.2) is 0 Å². The van der Waals surface area contributed by atoms with Crippen molar-refractivity contribution >= 4 is 51.6 Å². The molecule has 0 saturated carbocycles. The Morgan fingerprint density at radius 2 is 1.50 bits per heavy atom. The Hall–Kier alpha value is -4.13. The van der Waals surface area contributed by atoms with E-state index in [0.29, 0.717) is 15.6 Å². The van der Waals surface area contributed by atoms with Gasteiger partial charge in [0.05, 0.1) is 18.2 Å². The van der Waals surface area contributed by atoms with E-state index in [2.05, 4.69) is 62.6 Å². The third-order valence-electron chi connectivity index (χ3n) is 7.87. The van der Waals surface area contributed by atoms with Crippen molar-refractivity contribution in [2.75, 3.05) is 30.4 Å². The minimum Gasteiger partial charge on any atom is -0.465 e. The molecule has 1 aromatic heterocycles. The van der Waals surface area contributed by atoms with Crippen molar-refractivity contribution in [3.05, 3.63) is 130 Å². The van der Waals surface area contributed by atoms with E-state index >= 15 is 0 Å². The Bertz CT molecular complexity index is 1660. The molecule has 6 nitrogen and oxygen atoms in total. The molecule has 1 saturated heterocycles. The van der Waals surface area contributed by atoms with Crippen molar-refractivity contribution in [1.82, 2.24) is 9.97 Å². The number of carbonyl (C=O) groups excluding carboxylic acids is 1. The van der Waals surface area contributed by atoms with Gasteiger partial charge in [-0.05, 0) is 84.1 Å². The average Bonchev–Trinajstić information content (AvgIpc) is 3.03. The molecule has 0 radical (unpaired) electrons. The zero-order valence-electron chi connectivity index (χ0n) is 23.1. The highest BCUT2D eigenvalue weighted by molar-refractivity contribution is 6.30. The van der Waals surface area contributed by atoms with Gasteiger partial charge in [-0.15, -0.1) is 0 Å². The molecule has 6 rings (SSSR count). The molecule has 2 heterocycles. The standard InChI is InChI=1S/C34H30Cl2N4O2/c1-42-34(41)25-3-2-4-29(19-25)40-17-15-28(16-18-40)39-33-30-20-24(9-14-31(30)37-21-38-33)32(22-5-10-26(35)11-6-22)23-7-12-27(36)13-8-23/h2-14,19-21,28,32H,15-18H2,1H3,(H,37,38,39). The van der Waals surface area contributed by atoms with Gasteiger partial charge in [0.2, 0.25) is 0 Å². The van der Waals surface area contributed by atoms with Crippen LogP contribution in [0.15, 0.2) is 97.3 Å². The quantitative estimate of drug-likeness (QED) is 0.152. The van der Waals surface area contributed by atoms with E-state index in [0.717, 1.165) is 65.0 Å². The number of benzene rings is 4. The number of piperidine rings is 1. The molecular formula is C34H30Cl2N4O2. The SMILES string of the molecule is COC(=O)c1cccc(N2CCC(Nc3ncnc4ccc(C(c5ccc(Cl)cc5)c5ccc(Cl)cc5)cc34)CC2)c1. The summed E-state index contributed by atoms with van der Waals surface area (Å²) in [5.74, 6) is 0.498. The maximum atomic E-state index is 12.0. The summed E-state index contributed by atoms with van der Waals surface area (Å²) in [5, 5.41) is 6.10. The van der Waals surface area contributed by atoms with Crippen LogP contribution in [-0.2, 0) is 4.74 Å². The predicted molar refractivity (Wildman–Crippen MR) is 170 cm³/mol. The van der Waals surface area contributed by atoms with Gasteiger partial charge in [-0.2, -0.15) is 0 Å². The molecular weight excluding hydrogens is 567 g/mol. The second-order valence-electron chi connectivity index (χ2n) is 10.5. The van der Waals surface area contributed by atoms with Crippen molar-refractivity contribution < 1.29 is 9.53 Å². The number of carbonyl (C=O) groups is 1. The molecule has 0 bridgehead atoms. The summed E-state index contributed by atoms with van der Waals surface area (Å²) in [6, 6.07) is 30.3. The highest BCUT2D eigenvalue weighted by atomic mass is 35.5. The smallest absolute Gasteiger partial charge is 0.337 e. The highest BCUT2D eigenvalue weighted by Crippen LogP contribution is 2.36. The largest absolute Gasteiger partial charge is 0.465 e. The van der Waals surface area contributed by atoms with Gasteiger partial charge in [0.1, 0.15) is 12.1 Å². The van der Waals surface area contributed by atoms with Gasteiger partial charge in [-0.25, -0.2) is 14.8 Å². The lowest BCUT2D eigenvalue weighted by Crippen LogP contribution is -2.39. The maximum absolute atomic E-state index is 12.0. The van der Waals surface area contributed by atoms with Gasteiger partial charge in [0, 0.05) is 46.2 Å². The number of anilines is 2. The molecule has 0 amide bonds. The molecule has 8 heteroatoms. The Kier molecular flexibility index (Phi) is 8.27. The fraction of sp³-hybridized carbons (Fsp3) is 0.206. The fourth-order valence-electron chi connectivity index (χ4n) is 5.68. The third-order valence-corrected chi connectivity index (χ3v) is 8.37. The number of aromatic nitrogens is 2. The van der Waals surface area contributed by atoms with Gasteiger partial charge in [0.25, 0.3) is 0 Å². The Morgan fingerprint density at radius 3 is 2.14 bits per heavy atom. The van der Waals surface area contributed by atoms with Gasteiger partial charge in [-0.1, -0.05) is 59.6 Å². The van der Waals surface area contributed by atoms with Crippen molar-refractivity contribution in [1.29, 1.82) is 0 Å². The van der Waals surface area contributed by atoms with Crippen molar-refractivity contribution in [2.24, 2.45) is 0 Å². The molecule has 1 aliphatic heterocycles. The summed E-state index contributed by atoms with van der Waals surface area (Å²) < 4.78 is 4.89. The lowest BCUT2D eigenvalue weighted by molar-refractivity contribution is 0.0600. The van der Waals surface area contributed by atoms with Gasteiger partial charge in [-0.3, -0.25) is 0 Å². The molecule has 212 valence electrons. The first-order valence-corrected chi connectivity index (χ1v) is 14.7. The van der Waals surface area contributed by atoms with Gasteiger partial charge >= 0.3 is 5.97 Å². The van der Waals surface area contributed by atoms with Crippen LogP contribution in [0.1, 0.15) is 45.8 Å². The number of nitrogens with one attached hydrogen (secondary N) is 1. The van der Waals surface area contributed by atoms with Crippen LogP contribution in [0.5, 0.6) is 0 Å². The normalized spacial score (nSPS) is 13.9. The molecule has 42 heavy (non-hydrogen) atoms. The van der Waals surface area contributed by atoms with Crippen molar-refractivity contribution in [3.8, 4) is 0 Å². The van der Waals surface area contributed by atoms with E-state index in [9.17, 15) is 4.79 Å². The number of rotatable bonds is 7. The number of methoxy groups -OCH3 is 1. The van der Waals surface area contributed by atoms with E-state index < -0.39 is 0 Å². The molecule has 1 aliphatic rings. The minimum atomic E-state index is -0.322. The topological polar surface area (TPSA) is 67.3 Å². The van der Waals surface area contributed by atoms with Crippen LogP contribution in [0.4, 0.5) is 11.5 Å². The number of halogens is 2. The summed E-state index contributed by atoms with van der Waals surface area (Å²) in [4.78, 5) is 23.5. The number of fused-ring (bicyclic) bond motifs is 1. The Labute approximate surface area is 255 Å². The average molecular weight is 598 g/mol. The molecule has 0 spiro atoms. The summed E-state index contributed by atoms with van der Waals surface area (Å²) in [7, 11) is 1.40. The maximum Gasteiger partial charge on any atom is 0.337 e.